The van der Waals surface area contributed by atoms with Crippen molar-refractivity contribution in [1.82, 2.24) is 5.43 Å². The summed E-state index contributed by atoms with van der Waals surface area (Å²) in [5.41, 5.74) is 2.84. The van der Waals surface area contributed by atoms with E-state index in [4.69, 9.17) is 33.8 Å². The number of hydrogen-bond donors (Lipinski definition) is 3. The molecule has 4 N–H and O–H groups in total. The number of benzene rings is 1. The lowest BCUT2D eigenvalue weighted by Crippen LogP contribution is -2.36. The first-order chi connectivity index (χ1) is 8.58. The Bertz CT molecular complexity index is 419. The zero-order chi connectivity index (χ0) is 13.5. The van der Waals surface area contributed by atoms with E-state index >= 15 is 0 Å². The van der Waals surface area contributed by atoms with Crippen LogP contribution >= 0.6 is 23.2 Å². The van der Waals surface area contributed by atoms with Crippen molar-refractivity contribution in [2.75, 3.05) is 25.6 Å². The predicted molar refractivity (Wildman–Crippen MR) is 71.5 cm³/mol. The first kappa shape index (κ1) is 15.0. The highest BCUT2D eigenvalue weighted by Gasteiger charge is 2.08. The standard InChI is InChI=1S/C10H13Cl2FN4O/c1-18-3-2-15-10(17-14)16-6-4-7(11)9(13)8(12)5-6/h4-5H,2-3,14H2,1H3,(H2,15,16,17). The molecular weight excluding hydrogens is 282 g/mol. The number of nitrogens with one attached hydrogen (secondary N) is 2. The van der Waals surface area contributed by atoms with E-state index in [1.165, 1.54) is 12.1 Å². The molecule has 1 aromatic carbocycles. The number of nitrogens with two attached hydrogens (primary N) is 1. The van der Waals surface area contributed by atoms with Crippen molar-refractivity contribution in [1.29, 1.82) is 0 Å². The third-order valence-corrected chi connectivity index (χ3v) is 2.50. The molecule has 8 heteroatoms. The molecule has 5 nitrogen and oxygen atoms in total. The first-order valence-corrected chi connectivity index (χ1v) is 5.75. The van der Waals surface area contributed by atoms with Crippen molar-refractivity contribution >= 4 is 34.8 Å². The van der Waals surface area contributed by atoms with Gasteiger partial charge in [0.25, 0.3) is 0 Å². The molecule has 0 saturated heterocycles. The Hall–Kier alpha value is -1.08. The van der Waals surface area contributed by atoms with Gasteiger partial charge in [0.1, 0.15) is 0 Å². The summed E-state index contributed by atoms with van der Waals surface area (Å²) in [5.74, 6) is 4.92. The van der Waals surface area contributed by atoms with Crippen molar-refractivity contribution in [3.63, 3.8) is 0 Å². The maximum absolute atomic E-state index is 13.2. The van der Waals surface area contributed by atoms with Crippen LogP contribution in [0.15, 0.2) is 17.1 Å². The van der Waals surface area contributed by atoms with Crippen LogP contribution in [0.3, 0.4) is 0 Å². The number of methoxy groups -OCH3 is 1. The van der Waals surface area contributed by atoms with Gasteiger partial charge in [-0.2, -0.15) is 0 Å². The van der Waals surface area contributed by atoms with Crippen LogP contribution in [0.5, 0.6) is 0 Å². The first-order valence-electron chi connectivity index (χ1n) is 5.00. The highest BCUT2D eigenvalue weighted by atomic mass is 35.5. The van der Waals surface area contributed by atoms with Crippen molar-refractivity contribution < 1.29 is 9.13 Å². The number of aliphatic imine (C=N–C) groups is 1. The van der Waals surface area contributed by atoms with E-state index in [2.05, 4.69) is 15.7 Å². The fourth-order valence-electron chi connectivity index (χ4n) is 1.13. The summed E-state index contributed by atoms with van der Waals surface area (Å²) in [5, 5.41) is 2.65. The summed E-state index contributed by atoms with van der Waals surface area (Å²) in [4.78, 5) is 4.07. The number of hydrogen-bond acceptors (Lipinski definition) is 3. The number of anilines is 1. The molecule has 0 radical (unpaired) electrons. The molecule has 0 aromatic heterocycles. The Labute approximate surface area is 114 Å². The largest absolute Gasteiger partial charge is 0.383 e. The van der Waals surface area contributed by atoms with Crippen LogP contribution in [0.4, 0.5) is 10.1 Å². The van der Waals surface area contributed by atoms with Gasteiger partial charge in [-0.3, -0.25) is 5.43 Å². The minimum Gasteiger partial charge on any atom is -0.383 e. The smallest absolute Gasteiger partial charge is 0.210 e. The number of hydrazine groups is 1. The molecule has 0 heterocycles. The van der Waals surface area contributed by atoms with Crippen molar-refractivity contribution in [3.05, 3.63) is 28.0 Å². The fourth-order valence-corrected chi connectivity index (χ4v) is 1.62. The summed E-state index contributed by atoms with van der Waals surface area (Å²) < 4.78 is 18.0. The predicted octanol–water partition coefficient (Wildman–Crippen LogP) is 2.01. The molecule has 0 aliphatic rings. The Kier molecular flexibility index (Phi) is 6.14. The molecule has 0 fully saturated rings. The van der Waals surface area contributed by atoms with Crippen molar-refractivity contribution in [2.45, 2.75) is 0 Å². The zero-order valence-electron chi connectivity index (χ0n) is 9.64. The van der Waals surface area contributed by atoms with Gasteiger partial charge in [-0.25, -0.2) is 15.2 Å². The maximum Gasteiger partial charge on any atom is 0.210 e. The van der Waals surface area contributed by atoms with Crippen LogP contribution in [0, 0.1) is 5.82 Å². The lowest BCUT2D eigenvalue weighted by atomic mass is 10.3. The van der Waals surface area contributed by atoms with Crippen LogP contribution in [0.1, 0.15) is 0 Å². The van der Waals surface area contributed by atoms with Crippen LogP contribution in [-0.4, -0.2) is 26.2 Å². The van der Waals surface area contributed by atoms with Crippen molar-refractivity contribution in [2.24, 2.45) is 10.8 Å². The molecule has 18 heavy (non-hydrogen) atoms. The van der Waals surface area contributed by atoms with Crippen LogP contribution in [0.2, 0.25) is 10.0 Å². The third kappa shape index (κ3) is 4.30. The van der Waals surface area contributed by atoms with Crippen LogP contribution < -0.4 is 16.6 Å². The van der Waals surface area contributed by atoms with Gasteiger partial charge in [0, 0.05) is 12.8 Å². The van der Waals surface area contributed by atoms with Gasteiger partial charge in [-0.1, -0.05) is 23.2 Å². The van der Waals surface area contributed by atoms with Crippen LogP contribution in [-0.2, 0) is 4.74 Å². The minimum atomic E-state index is -0.664. The second-order valence-corrected chi connectivity index (χ2v) is 4.06. The molecule has 0 aliphatic carbocycles. The molecule has 0 amide bonds. The maximum atomic E-state index is 13.2. The summed E-state index contributed by atoms with van der Waals surface area (Å²) >= 11 is 11.3. The van der Waals surface area contributed by atoms with E-state index in [9.17, 15) is 4.39 Å². The number of nitrogens with zero attached hydrogens (tertiary/aromatic N) is 1. The van der Waals surface area contributed by atoms with Gasteiger partial charge in [0.15, 0.2) is 5.82 Å². The lowest BCUT2D eigenvalue weighted by molar-refractivity contribution is 0.208. The van der Waals surface area contributed by atoms with Gasteiger partial charge in [0.2, 0.25) is 5.96 Å². The average Bonchev–Trinajstić information content (AvgIpc) is 2.34. The molecule has 0 atom stereocenters. The Morgan fingerprint density at radius 1 is 1.44 bits per heavy atom. The monoisotopic (exact) mass is 294 g/mol. The SMILES string of the molecule is COCCN=C(NN)Nc1cc(Cl)c(F)c(Cl)c1. The highest BCUT2D eigenvalue weighted by molar-refractivity contribution is 6.35. The molecule has 1 aromatic rings. The minimum absolute atomic E-state index is 0.0849. The highest BCUT2D eigenvalue weighted by Crippen LogP contribution is 2.27. The van der Waals surface area contributed by atoms with E-state index in [1.54, 1.807) is 7.11 Å². The quantitative estimate of drug-likeness (QED) is 0.198. The molecule has 1 rings (SSSR count). The Morgan fingerprint density at radius 2 is 2.06 bits per heavy atom. The van der Waals surface area contributed by atoms with Gasteiger partial charge in [0.05, 0.1) is 23.2 Å². The molecule has 0 unspecified atom stereocenters. The number of guanidine groups is 1. The van der Waals surface area contributed by atoms with E-state index in [0.29, 0.717) is 24.8 Å². The summed E-state index contributed by atoms with van der Waals surface area (Å²) in [6, 6.07) is 2.76. The molecule has 0 saturated carbocycles. The molecule has 100 valence electrons. The average molecular weight is 295 g/mol. The third-order valence-electron chi connectivity index (χ3n) is 1.95. The number of halogens is 3. The summed E-state index contributed by atoms with van der Waals surface area (Å²) in [6.07, 6.45) is 0. The molecular formula is C10H13Cl2FN4O. The number of rotatable bonds is 4. The van der Waals surface area contributed by atoms with Gasteiger partial charge >= 0.3 is 0 Å². The van der Waals surface area contributed by atoms with Crippen LogP contribution in [0.25, 0.3) is 0 Å². The molecule has 0 spiro atoms. The summed E-state index contributed by atoms with van der Waals surface area (Å²) in [7, 11) is 1.57. The normalized spacial score (nSPS) is 11.5. The van der Waals surface area contributed by atoms with Gasteiger partial charge in [-0.05, 0) is 12.1 Å². The topological polar surface area (TPSA) is 71.7 Å². The summed E-state index contributed by atoms with van der Waals surface area (Å²) in [6.45, 7) is 0.878. The second-order valence-electron chi connectivity index (χ2n) is 3.25. The Balaban J connectivity index is 2.79. The van der Waals surface area contributed by atoms with E-state index in [0.717, 1.165) is 0 Å². The van der Waals surface area contributed by atoms with E-state index in [1.807, 2.05) is 0 Å². The van der Waals surface area contributed by atoms with E-state index < -0.39 is 5.82 Å². The molecule has 0 bridgehead atoms. The number of ether oxygens (including phenoxy) is 1. The van der Waals surface area contributed by atoms with Crippen molar-refractivity contribution in [3.8, 4) is 0 Å². The van der Waals surface area contributed by atoms with E-state index in [-0.39, 0.29) is 10.0 Å². The lowest BCUT2D eigenvalue weighted by Gasteiger charge is -2.10. The van der Waals surface area contributed by atoms with Gasteiger partial charge in [-0.15, -0.1) is 0 Å². The second kappa shape index (κ2) is 7.38. The molecule has 0 aliphatic heterocycles. The fraction of sp³-hybridized carbons (Fsp3) is 0.300. The Morgan fingerprint density at radius 3 is 2.56 bits per heavy atom. The zero-order valence-corrected chi connectivity index (χ0v) is 11.1. The van der Waals surface area contributed by atoms with Gasteiger partial charge < -0.3 is 10.1 Å².